The lowest BCUT2D eigenvalue weighted by Gasteiger charge is -2.17. The van der Waals surface area contributed by atoms with E-state index in [4.69, 9.17) is 12.2 Å². The Morgan fingerprint density at radius 3 is 2.28 bits per heavy atom. The lowest BCUT2D eigenvalue weighted by atomic mass is 9.99. The molecule has 3 aromatic carbocycles. The molecule has 4 rings (SSSR count). The number of benzene rings is 3. The molecule has 0 amide bonds. The van der Waals surface area contributed by atoms with Crippen molar-refractivity contribution >= 4 is 34.7 Å². The summed E-state index contributed by atoms with van der Waals surface area (Å²) in [6, 6.07) is 27.2. The van der Waals surface area contributed by atoms with Gasteiger partial charge in [0.25, 0.3) is 0 Å². The van der Waals surface area contributed by atoms with E-state index in [2.05, 4.69) is 58.7 Å². The molecule has 0 radical (unpaired) electrons. The van der Waals surface area contributed by atoms with E-state index in [1.165, 1.54) is 42.0 Å². The Balaban J connectivity index is 1.54. The highest BCUT2D eigenvalue weighted by molar-refractivity contribution is 7.99. The van der Waals surface area contributed by atoms with Crippen LogP contribution in [0.2, 0.25) is 0 Å². The van der Waals surface area contributed by atoms with Crippen molar-refractivity contribution in [3.05, 3.63) is 84.4 Å². The largest absolute Gasteiger partial charge is 0.346 e. The van der Waals surface area contributed by atoms with Crippen molar-refractivity contribution in [2.45, 2.75) is 17.7 Å². The van der Waals surface area contributed by atoms with E-state index in [1.54, 1.807) is 0 Å². The summed E-state index contributed by atoms with van der Waals surface area (Å²) >= 11 is 7.72. The summed E-state index contributed by atoms with van der Waals surface area (Å²) in [6.07, 6.45) is 2.70. The molecular formula is C25H26N2S2. The van der Waals surface area contributed by atoms with Gasteiger partial charge in [0.15, 0.2) is 0 Å². The molecule has 0 aromatic heterocycles. The Labute approximate surface area is 183 Å². The van der Waals surface area contributed by atoms with Gasteiger partial charge in [0.05, 0.1) is 0 Å². The first-order chi connectivity index (χ1) is 14.3. The van der Waals surface area contributed by atoms with E-state index in [-0.39, 0.29) is 0 Å². The maximum atomic E-state index is 5.77. The Hall–Kier alpha value is -2.14. The van der Waals surface area contributed by atoms with Crippen molar-refractivity contribution in [3.8, 4) is 11.1 Å². The number of nitrogens with one attached hydrogen (secondary N) is 1. The van der Waals surface area contributed by atoms with Crippen molar-refractivity contribution in [2.24, 2.45) is 0 Å². The van der Waals surface area contributed by atoms with Gasteiger partial charge in [-0.1, -0.05) is 72.9 Å². The average Bonchev–Trinajstić information content (AvgIpc) is 3.28. The number of nitrogens with zero attached hydrogens (tertiary/aromatic N) is 1. The number of rotatable bonds is 7. The molecule has 1 heterocycles. The van der Waals surface area contributed by atoms with Gasteiger partial charge in [-0.25, -0.2) is 0 Å². The fraction of sp³-hybridized carbons (Fsp3) is 0.240. The molecule has 4 heteroatoms. The van der Waals surface area contributed by atoms with E-state index in [1.807, 2.05) is 42.1 Å². The highest BCUT2D eigenvalue weighted by Gasteiger charge is 2.14. The lowest BCUT2D eigenvalue weighted by molar-refractivity contribution is 0.362. The first kappa shape index (κ1) is 20.1. The van der Waals surface area contributed by atoms with Crippen LogP contribution in [-0.2, 0) is 0 Å². The molecule has 2 nitrogen and oxygen atoms in total. The topological polar surface area (TPSA) is 15.3 Å². The first-order valence-corrected chi connectivity index (χ1v) is 11.6. The summed E-state index contributed by atoms with van der Waals surface area (Å²) in [5.41, 5.74) is 4.52. The van der Waals surface area contributed by atoms with Crippen molar-refractivity contribution in [3.63, 3.8) is 0 Å². The minimum Gasteiger partial charge on any atom is -0.346 e. The first-order valence-electron chi connectivity index (χ1n) is 10.2. The van der Waals surface area contributed by atoms with Crippen LogP contribution < -0.4 is 5.32 Å². The molecule has 1 N–H and O–H groups in total. The molecule has 0 saturated carbocycles. The van der Waals surface area contributed by atoms with E-state index < -0.39 is 0 Å². The van der Waals surface area contributed by atoms with Gasteiger partial charge >= 0.3 is 0 Å². The zero-order chi connectivity index (χ0) is 19.9. The third kappa shape index (κ3) is 5.27. The van der Waals surface area contributed by atoms with Gasteiger partial charge in [-0.3, -0.25) is 0 Å². The summed E-state index contributed by atoms with van der Waals surface area (Å²) in [7, 11) is 0. The maximum Gasteiger partial charge on any atom is 0.111 e. The predicted molar refractivity (Wildman–Crippen MR) is 130 cm³/mol. The molecular weight excluding hydrogens is 392 g/mol. The highest BCUT2D eigenvalue weighted by Crippen LogP contribution is 2.34. The predicted octanol–water partition coefficient (Wildman–Crippen LogP) is 6.33. The minimum atomic E-state index is 0.753. The van der Waals surface area contributed by atoms with Gasteiger partial charge in [0.2, 0.25) is 0 Å². The van der Waals surface area contributed by atoms with Crippen LogP contribution in [0.4, 0.5) is 5.69 Å². The molecule has 0 aliphatic carbocycles. The van der Waals surface area contributed by atoms with Gasteiger partial charge in [-0.2, -0.15) is 0 Å². The second kappa shape index (κ2) is 10.1. The number of thiocarbonyl (C=S) groups is 1. The molecule has 0 bridgehead atoms. The molecule has 0 spiro atoms. The van der Waals surface area contributed by atoms with E-state index >= 15 is 0 Å². The average molecular weight is 419 g/mol. The van der Waals surface area contributed by atoms with Crippen LogP contribution in [0.1, 0.15) is 18.4 Å². The molecule has 29 heavy (non-hydrogen) atoms. The number of hydrogen-bond donors (Lipinski definition) is 1. The Kier molecular flexibility index (Phi) is 6.99. The fourth-order valence-electron chi connectivity index (χ4n) is 3.74. The summed E-state index contributed by atoms with van der Waals surface area (Å²) in [6.45, 7) is 3.67. The van der Waals surface area contributed by atoms with Gasteiger partial charge in [-0.05, 0) is 55.3 Å². The quantitative estimate of drug-likeness (QED) is 0.356. The zero-order valence-corrected chi connectivity index (χ0v) is 18.1. The van der Waals surface area contributed by atoms with Crippen LogP contribution in [0.15, 0.2) is 83.8 Å². The Morgan fingerprint density at radius 2 is 1.48 bits per heavy atom. The van der Waals surface area contributed by atoms with Crippen LogP contribution in [-0.4, -0.2) is 35.3 Å². The van der Waals surface area contributed by atoms with E-state index in [0.29, 0.717) is 0 Å². The zero-order valence-electron chi connectivity index (χ0n) is 16.5. The van der Waals surface area contributed by atoms with Crippen LogP contribution in [0.25, 0.3) is 11.1 Å². The third-order valence-corrected chi connectivity index (χ3v) is 6.62. The van der Waals surface area contributed by atoms with E-state index in [9.17, 15) is 0 Å². The standard InChI is InChI=1S/C25H26N2S2/c28-25(26-20-10-2-1-3-11-20)23-14-5-4-12-21(23)22-13-6-7-15-24(22)29-19-18-27-16-8-9-17-27/h1-7,10-15H,8-9,16-19H2,(H,26,28). The number of thioether (sulfide) groups is 1. The van der Waals surface area contributed by atoms with Crippen molar-refractivity contribution < 1.29 is 0 Å². The molecule has 3 aromatic rings. The molecule has 1 saturated heterocycles. The number of para-hydroxylation sites is 1. The van der Waals surface area contributed by atoms with Gasteiger partial charge in [0.1, 0.15) is 4.99 Å². The van der Waals surface area contributed by atoms with Gasteiger partial charge in [-0.15, -0.1) is 11.8 Å². The van der Waals surface area contributed by atoms with Crippen molar-refractivity contribution in [2.75, 3.05) is 30.7 Å². The monoisotopic (exact) mass is 418 g/mol. The van der Waals surface area contributed by atoms with Crippen LogP contribution in [0, 0.1) is 0 Å². The maximum absolute atomic E-state index is 5.77. The van der Waals surface area contributed by atoms with Gasteiger partial charge < -0.3 is 10.2 Å². The van der Waals surface area contributed by atoms with Crippen molar-refractivity contribution in [1.82, 2.24) is 4.90 Å². The summed E-state index contributed by atoms with van der Waals surface area (Å²) in [4.78, 5) is 4.65. The second-order valence-electron chi connectivity index (χ2n) is 7.26. The molecule has 0 unspecified atom stereocenters. The minimum absolute atomic E-state index is 0.753. The fourth-order valence-corrected chi connectivity index (χ4v) is 5.12. The molecule has 1 fully saturated rings. The molecule has 0 atom stereocenters. The molecule has 1 aliphatic rings. The number of likely N-dealkylation sites (tertiary alicyclic amines) is 1. The highest BCUT2D eigenvalue weighted by atomic mass is 32.2. The Morgan fingerprint density at radius 1 is 0.828 bits per heavy atom. The van der Waals surface area contributed by atoms with E-state index in [0.717, 1.165) is 28.5 Å². The summed E-state index contributed by atoms with van der Waals surface area (Å²) < 4.78 is 0. The Bertz CT molecular complexity index is 950. The summed E-state index contributed by atoms with van der Waals surface area (Å²) in [5.74, 6) is 1.12. The SMILES string of the molecule is S=C(Nc1ccccc1)c1ccccc1-c1ccccc1SCCN1CCCC1. The van der Waals surface area contributed by atoms with Crippen LogP contribution >= 0.6 is 24.0 Å². The van der Waals surface area contributed by atoms with Gasteiger partial charge in [0, 0.05) is 28.4 Å². The number of hydrogen-bond acceptors (Lipinski definition) is 3. The third-order valence-electron chi connectivity index (χ3n) is 5.24. The normalized spacial score (nSPS) is 14.1. The second-order valence-corrected chi connectivity index (χ2v) is 8.80. The van der Waals surface area contributed by atoms with Crippen LogP contribution in [0.5, 0.6) is 0 Å². The summed E-state index contributed by atoms with van der Waals surface area (Å²) in [5, 5.41) is 3.39. The lowest BCUT2D eigenvalue weighted by Crippen LogP contribution is -2.21. The van der Waals surface area contributed by atoms with Crippen LogP contribution in [0.3, 0.4) is 0 Å². The molecule has 148 valence electrons. The van der Waals surface area contributed by atoms with Crippen molar-refractivity contribution in [1.29, 1.82) is 0 Å². The number of anilines is 1. The smallest absolute Gasteiger partial charge is 0.111 e. The molecule has 1 aliphatic heterocycles.